The average Bonchev–Trinajstić information content (AvgIpc) is 2.97. The van der Waals surface area contributed by atoms with Crippen LogP contribution < -0.4 is 5.32 Å². The number of likely N-dealkylation sites (tertiary alicyclic amines) is 1. The standard InChI is InChI=1S/C16H18FN3O4/c17-11-1-2-12-13(9-11)24-19-15(12)10-4-7-20(8-5-10)16(23)18-6-3-14(21)22/h1-2,9-10H,3-8H2,(H,18,23)(H,21,22). The minimum atomic E-state index is -0.941. The number of piperidine rings is 1. The molecule has 2 heterocycles. The molecule has 24 heavy (non-hydrogen) atoms. The van der Waals surface area contributed by atoms with Crippen molar-refractivity contribution in [2.45, 2.75) is 25.2 Å². The summed E-state index contributed by atoms with van der Waals surface area (Å²) in [7, 11) is 0. The van der Waals surface area contributed by atoms with Crippen molar-refractivity contribution >= 4 is 23.0 Å². The first-order valence-corrected chi connectivity index (χ1v) is 7.84. The maximum atomic E-state index is 13.2. The molecule has 1 fully saturated rings. The number of carboxylic acids is 1. The van der Waals surface area contributed by atoms with Crippen LogP contribution in [-0.2, 0) is 4.79 Å². The zero-order valence-electron chi connectivity index (χ0n) is 13.0. The van der Waals surface area contributed by atoms with Gasteiger partial charge in [0, 0.05) is 37.0 Å². The van der Waals surface area contributed by atoms with Gasteiger partial charge in [-0.2, -0.15) is 0 Å². The Bertz CT molecular complexity index is 753. The van der Waals surface area contributed by atoms with Crippen LogP contribution in [-0.4, -0.2) is 46.8 Å². The number of benzene rings is 1. The number of hydrogen-bond donors (Lipinski definition) is 2. The fraction of sp³-hybridized carbons (Fsp3) is 0.438. The van der Waals surface area contributed by atoms with Gasteiger partial charge in [0.1, 0.15) is 5.82 Å². The maximum absolute atomic E-state index is 13.2. The Morgan fingerprint density at radius 1 is 1.38 bits per heavy atom. The summed E-state index contributed by atoms with van der Waals surface area (Å²) in [5.41, 5.74) is 1.23. The molecule has 1 aromatic heterocycles. The number of nitrogens with zero attached hydrogens (tertiary/aromatic N) is 2. The molecule has 2 amide bonds. The van der Waals surface area contributed by atoms with Crippen LogP contribution in [0.5, 0.6) is 0 Å². The van der Waals surface area contributed by atoms with Crippen molar-refractivity contribution in [2.75, 3.05) is 19.6 Å². The second kappa shape index (κ2) is 6.86. The SMILES string of the molecule is O=C(O)CCNC(=O)N1CCC(c2noc3cc(F)ccc23)CC1. The average molecular weight is 335 g/mol. The van der Waals surface area contributed by atoms with Gasteiger partial charge < -0.3 is 19.8 Å². The smallest absolute Gasteiger partial charge is 0.317 e. The number of nitrogens with one attached hydrogen (secondary N) is 1. The Labute approximate surface area is 137 Å². The summed E-state index contributed by atoms with van der Waals surface area (Å²) in [4.78, 5) is 24.1. The molecule has 7 nitrogen and oxygen atoms in total. The van der Waals surface area contributed by atoms with Crippen molar-refractivity contribution in [3.05, 3.63) is 29.7 Å². The minimum absolute atomic E-state index is 0.0936. The number of carbonyl (C=O) groups is 2. The Kier molecular flexibility index (Phi) is 4.64. The van der Waals surface area contributed by atoms with E-state index in [4.69, 9.17) is 9.63 Å². The summed E-state index contributed by atoms with van der Waals surface area (Å²) < 4.78 is 18.4. The van der Waals surface area contributed by atoms with Gasteiger partial charge in [0.05, 0.1) is 12.1 Å². The van der Waals surface area contributed by atoms with Crippen LogP contribution >= 0.6 is 0 Å². The van der Waals surface area contributed by atoms with Gasteiger partial charge in [0.25, 0.3) is 0 Å². The molecule has 1 saturated heterocycles. The van der Waals surface area contributed by atoms with Gasteiger partial charge in [-0.15, -0.1) is 0 Å². The van der Waals surface area contributed by atoms with E-state index in [0.29, 0.717) is 18.7 Å². The number of carbonyl (C=O) groups excluding carboxylic acids is 1. The molecule has 0 radical (unpaired) electrons. The molecule has 0 aliphatic carbocycles. The molecule has 2 aromatic rings. The molecule has 0 spiro atoms. The van der Waals surface area contributed by atoms with Crippen LogP contribution in [0.3, 0.4) is 0 Å². The number of carboxylic acid groups (broad SMARTS) is 1. The van der Waals surface area contributed by atoms with Crippen molar-refractivity contribution in [3.63, 3.8) is 0 Å². The number of halogens is 1. The fourth-order valence-corrected chi connectivity index (χ4v) is 2.97. The fourth-order valence-electron chi connectivity index (χ4n) is 2.97. The molecule has 1 aromatic carbocycles. The highest BCUT2D eigenvalue weighted by Crippen LogP contribution is 2.32. The van der Waals surface area contributed by atoms with E-state index in [1.54, 1.807) is 11.0 Å². The molecule has 0 saturated carbocycles. The molecule has 1 aliphatic heterocycles. The first-order chi connectivity index (χ1) is 11.5. The molecule has 1 aliphatic rings. The first kappa shape index (κ1) is 16.2. The van der Waals surface area contributed by atoms with Gasteiger partial charge in [-0.1, -0.05) is 5.16 Å². The van der Waals surface area contributed by atoms with Gasteiger partial charge in [-0.05, 0) is 25.0 Å². The molecule has 0 unspecified atom stereocenters. The predicted octanol–water partition coefficient (Wildman–Crippen LogP) is 2.33. The minimum Gasteiger partial charge on any atom is -0.481 e. The van der Waals surface area contributed by atoms with Gasteiger partial charge in [0.15, 0.2) is 5.58 Å². The quantitative estimate of drug-likeness (QED) is 0.894. The summed E-state index contributed by atoms with van der Waals surface area (Å²) in [6, 6.07) is 4.12. The van der Waals surface area contributed by atoms with Crippen LogP contribution in [0, 0.1) is 5.82 Å². The molecule has 0 atom stereocenters. The highest BCUT2D eigenvalue weighted by Gasteiger charge is 2.27. The van der Waals surface area contributed by atoms with E-state index in [1.807, 2.05) is 0 Å². The normalized spacial score (nSPS) is 15.6. The third kappa shape index (κ3) is 3.47. The number of hydrogen-bond acceptors (Lipinski definition) is 4. The first-order valence-electron chi connectivity index (χ1n) is 7.84. The lowest BCUT2D eigenvalue weighted by Gasteiger charge is -2.31. The molecule has 8 heteroatoms. The number of fused-ring (bicyclic) bond motifs is 1. The van der Waals surface area contributed by atoms with Gasteiger partial charge in [0.2, 0.25) is 0 Å². The van der Waals surface area contributed by atoms with Crippen molar-refractivity contribution in [1.82, 2.24) is 15.4 Å². The molecule has 3 rings (SSSR count). The number of aliphatic carboxylic acids is 1. The zero-order valence-corrected chi connectivity index (χ0v) is 13.0. The highest BCUT2D eigenvalue weighted by atomic mass is 19.1. The Morgan fingerprint density at radius 2 is 2.12 bits per heavy atom. The summed E-state index contributed by atoms with van der Waals surface area (Å²) in [5, 5.41) is 16.1. The molecular weight excluding hydrogens is 317 g/mol. The summed E-state index contributed by atoms with van der Waals surface area (Å²) >= 11 is 0. The van der Waals surface area contributed by atoms with Crippen LogP contribution in [0.15, 0.2) is 22.7 Å². The predicted molar refractivity (Wildman–Crippen MR) is 83.2 cm³/mol. The van der Waals surface area contributed by atoms with Gasteiger partial charge in [-0.3, -0.25) is 4.79 Å². The van der Waals surface area contributed by atoms with E-state index in [9.17, 15) is 14.0 Å². The zero-order chi connectivity index (χ0) is 17.1. The number of rotatable bonds is 4. The van der Waals surface area contributed by atoms with Crippen molar-refractivity contribution in [3.8, 4) is 0 Å². The maximum Gasteiger partial charge on any atom is 0.317 e. The summed E-state index contributed by atoms with van der Waals surface area (Å²) in [6.07, 6.45) is 1.36. The van der Waals surface area contributed by atoms with Crippen LogP contribution in [0.2, 0.25) is 0 Å². The largest absolute Gasteiger partial charge is 0.481 e. The molecule has 2 N–H and O–H groups in total. The lowest BCUT2D eigenvalue weighted by molar-refractivity contribution is -0.136. The number of amides is 2. The second-order valence-corrected chi connectivity index (χ2v) is 5.85. The van der Waals surface area contributed by atoms with E-state index in [0.717, 1.165) is 23.9 Å². The van der Waals surface area contributed by atoms with E-state index >= 15 is 0 Å². The van der Waals surface area contributed by atoms with E-state index < -0.39 is 5.97 Å². The second-order valence-electron chi connectivity index (χ2n) is 5.85. The third-order valence-corrected chi connectivity index (χ3v) is 4.25. The number of aromatic nitrogens is 1. The lowest BCUT2D eigenvalue weighted by atomic mass is 9.92. The van der Waals surface area contributed by atoms with Crippen molar-refractivity contribution < 1.29 is 23.6 Å². The van der Waals surface area contributed by atoms with Gasteiger partial charge >= 0.3 is 12.0 Å². The van der Waals surface area contributed by atoms with Crippen LogP contribution in [0.4, 0.5) is 9.18 Å². The Balaban J connectivity index is 1.58. The monoisotopic (exact) mass is 335 g/mol. The van der Waals surface area contributed by atoms with E-state index in [2.05, 4.69) is 10.5 Å². The van der Waals surface area contributed by atoms with E-state index in [1.165, 1.54) is 12.1 Å². The van der Waals surface area contributed by atoms with Crippen LogP contribution in [0.25, 0.3) is 11.0 Å². The number of urea groups is 1. The Hall–Kier alpha value is -2.64. The molecular formula is C16H18FN3O4. The van der Waals surface area contributed by atoms with Gasteiger partial charge in [-0.25, -0.2) is 9.18 Å². The highest BCUT2D eigenvalue weighted by molar-refractivity contribution is 5.80. The summed E-state index contributed by atoms with van der Waals surface area (Å²) in [6.45, 7) is 1.23. The molecule has 128 valence electrons. The van der Waals surface area contributed by atoms with Crippen LogP contribution in [0.1, 0.15) is 30.9 Å². The van der Waals surface area contributed by atoms with E-state index in [-0.39, 0.29) is 30.7 Å². The molecule has 0 bridgehead atoms. The third-order valence-electron chi connectivity index (χ3n) is 4.25. The summed E-state index contributed by atoms with van der Waals surface area (Å²) in [5.74, 6) is -1.15. The lowest BCUT2D eigenvalue weighted by Crippen LogP contribution is -2.44. The Morgan fingerprint density at radius 3 is 2.83 bits per heavy atom. The topological polar surface area (TPSA) is 95.7 Å². The van der Waals surface area contributed by atoms with Crippen molar-refractivity contribution in [2.24, 2.45) is 0 Å². The van der Waals surface area contributed by atoms with Crippen molar-refractivity contribution in [1.29, 1.82) is 0 Å².